The number of aliphatic hydroxyl groups is 1. The summed E-state index contributed by atoms with van der Waals surface area (Å²) in [4.78, 5) is 33.4. The molecule has 0 radical (unpaired) electrons. The van der Waals surface area contributed by atoms with Crippen molar-refractivity contribution in [3.8, 4) is 0 Å². The minimum Gasteiger partial charge on any atom is -0.395 e. The molecule has 0 saturated heterocycles. The number of aliphatic hydroxyl groups excluding tert-OH is 1. The second kappa shape index (κ2) is 8.98. The number of nitrogen functional groups attached to an aromatic ring is 1. The van der Waals surface area contributed by atoms with E-state index < -0.39 is 0 Å². The van der Waals surface area contributed by atoms with E-state index >= 15 is 0 Å². The van der Waals surface area contributed by atoms with Gasteiger partial charge in [-0.3, -0.25) is 15.0 Å². The number of amidine groups is 1. The van der Waals surface area contributed by atoms with E-state index in [0.717, 1.165) is 11.0 Å². The first-order valence-electron chi connectivity index (χ1n) is 9.06. The Morgan fingerprint density at radius 2 is 1.93 bits per heavy atom. The summed E-state index contributed by atoms with van der Waals surface area (Å²) < 4.78 is 0. The van der Waals surface area contributed by atoms with Crippen LogP contribution in [-0.2, 0) is 9.59 Å². The molecule has 0 unspecified atom stereocenters. The molecule has 0 aliphatic rings. The molecule has 1 aromatic heterocycles. The fraction of sp³-hybridized carbons (Fsp3) is 0.200. The van der Waals surface area contributed by atoms with Crippen molar-refractivity contribution in [2.75, 3.05) is 23.4 Å². The van der Waals surface area contributed by atoms with E-state index in [4.69, 9.17) is 11.1 Å². The maximum Gasteiger partial charge on any atom is 0.227 e. The lowest BCUT2D eigenvalue weighted by Crippen LogP contribution is -2.34. The highest BCUT2D eigenvalue weighted by atomic mass is 16.3. The molecular formula is C20H22N6O3. The molecule has 150 valence electrons. The Kier molecular flexibility index (Phi) is 6.20. The van der Waals surface area contributed by atoms with Crippen molar-refractivity contribution in [2.45, 2.75) is 12.8 Å². The Balaban J connectivity index is 1.60. The van der Waals surface area contributed by atoms with Crippen LogP contribution in [-0.4, -0.2) is 45.9 Å². The van der Waals surface area contributed by atoms with Gasteiger partial charge in [0.05, 0.1) is 24.0 Å². The summed E-state index contributed by atoms with van der Waals surface area (Å²) >= 11 is 0. The second-order valence-electron chi connectivity index (χ2n) is 6.41. The first-order valence-corrected chi connectivity index (χ1v) is 9.06. The predicted molar refractivity (Wildman–Crippen MR) is 111 cm³/mol. The van der Waals surface area contributed by atoms with Crippen LogP contribution in [0.3, 0.4) is 0 Å². The highest BCUT2D eigenvalue weighted by Gasteiger charge is 2.17. The average molecular weight is 394 g/mol. The predicted octanol–water partition coefficient (Wildman–Crippen LogP) is 1.59. The summed E-state index contributed by atoms with van der Waals surface area (Å²) in [6.45, 7) is -0.0615. The van der Waals surface area contributed by atoms with Crippen LogP contribution in [0.2, 0.25) is 0 Å². The molecule has 9 nitrogen and oxygen atoms in total. The number of nitrogens with two attached hydrogens (primary N) is 1. The van der Waals surface area contributed by atoms with Crippen LogP contribution in [0.15, 0.2) is 48.8 Å². The van der Waals surface area contributed by atoms with Gasteiger partial charge in [-0.15, -0.1) is 0 Å². The number of rotatable bonds is 8. The van der Waals surface area contributed by atoms with Crippen LogP contribution in [0.4, 0.5) is 11.4 Å². The van der Waals surface area contributed by atoms with E-state index in [1.807, 2.05) is 0 Å². The number of carbonyl (C=O) groups is 2. The van der Waals surface area contributed by atoms with Crippen molar-refractivity contribution < 1.29 is 14.7 Å². The molecule has 1 heterocycles. The molecule has 0 aliphatic heterocycles. The summed E-state index contributed by atoms with van der Waals surface area (Å²) in [5, 5.41) is 19.4. The van der Waals surface area contributed by atoms with Crippen molar-refractivity contribution in [1.29, 1.82) is 5.41 Å². The number of aromatic nitrogens is 2. The SMILES string of the molecule is N=C(N)c1ccc(NC(=O)CCC(=O)N(CCO)c2ccc3nc[nH]c3c2)cc1. The minimum atomic E-state index is -0.304. The van der Waals surface area contributed by atoms with Gasteiger partial charge >= 0.3 is 0 Å². The number of aromatic amines is 1. The third-order valence-corrected chi connectivity index (χ3v) is 4.39. The van der Waals surface area contributed by atoms with E-state index in [1.54, 1.807) is 48.8 Å². The summed E-state index contributed by atoms with van der Waals surface area (Å²) in [6, 6.07) is 11.9. The topological polar surface area (TPSA) is 148 Å². The van der Waals surface area contributed by atoms with Crippen LogP contribution in [0, 0.1) is 5.41 Å². The standard InChI is InChI=1S/C20H22N6O3/c21-20(22)13-1-3-14(4-2-13)25-18(28)7-8-19(29)26(9-10-27)15-5-6-16-17(11-15)24-12-23-16/h1-6,11-12,27H,7-10H2,(H3,21,22)(H,23,24)(H,25,28). The van der Waals surface area contributed by atoms with E-state index in [9.17, 15) is 14.7 Å². The number of nitrogens with zero attached hydrogens (tertiary/aromatic N) is 2. The van der Waals surface area contributed by atoms with Gasteiger partial charge in [0.1, 0.15) is 5.84 Å². The van der Waals surface area contributed by atoms with Crippen LogP contribution >= 0.6 is 0 Å². The van der Waals surface area contributed by atoms with E-state index in [1.165, 1.54) is 4.90 Å². The zero-order valence-electron chi connectivity index (χ0n) is 15.7. The lowest BCUT2D eigenvalue weighted by Gasteiger charge is -2.22. The molecule has 6 N–H and O–H groups in total. The second-order valence-corrected chi connectivity index (χ2v) is 6.41. The molecule has 0 fully saturated rings. The lowest BCUT2D eigenvalue weighted by atomic mass is 10.2. The Labute approximate surface area is 167 Å². The minimum absolute atomic E-state index is 0.00151. The van der Waals surface area contributed by atoms with Gasteiger partial charge in [-0.25, -0.2) is 4.98 Å². The third kappa shape index (κ3) is 4.96. The molecule has 0 aliphatic carbocycles. The maximum absolute atomic E-state index is 12.7. The number of amides is 2. The van der Waals surface area contributed by atoms with Gasteiger partial charge in [-0.05, 0) is 42.5 Å². The van der Waals surface area contributed by atoms with Gasteiger partial charge in [0, 0.05) is 36.3 Å². The molecule has 3 rings (SSSR count). The van der Waals surface area contributed by atoms with Gasteiger partial charge < -0.3 is 26.0 Å². The Morgan fingerprint density at radius 1 is 1.17 bits per heavy atom. The molecule has 0 spiro atoms. The number of carbonyl (C=O) groups excluding carboxylic acids is 2. The zero-order chi connectivity index (χ0) is 20.8. The van der Waals surface area contributed by atoms with Gasteiger partial charge in [-0.1, -0.05) is 0 Å². The van der Waals surface area contributed by atoms with Gasteiger partial charge in [0.25, 0.3) is 0 Å². The zero-order valence-corrected chi connectivity index (χ0v) is 15.7. The Morgan fingerprint density at radius 3 is 2.62 bits per heavy atom. The van der Waals surface area contributed by atoms with E-state index in [-0.39, 0.29) is 43.6 Å². The smallest absolute Gasteiger partial charge is 0.227 e. The average Bonchev–Trinajstić information content (AvgIpc) is 3.18. The highest BCUT2D eigenvalue weighted by molar-refractivity contribution is 5.99. The number of hydrogen-bond donors (Lipinski definition) is 5. The normalized spacial score (nSPS) is 10.7. The summed E-state index contributed by atoms with van der Waals surface area (Å²) in [5.74, 6) is -0.618. The molecular weight excluding hydrogens is 372 g/mol. The molecule has 9 heteroatoms. The quantitative estimate of drug-likeness (QED) is 0.291. The number of hydrogen-bond acceptors (Lipinski definition) is 5. The highest BCUT2D eigenvalue weighted by Crippen LogP contribution is 2.21. The fourth-order valence-electron chi connectivity index (χ4n) is 2.90. The van der Waals surface area contributed by atoms with Crippen LogP contribution in [0.1, 0.15) is 18.4 Å². The number of fused-ring (bicyclic) bond motifs is 1. The number of benzene rings is 2. The Hall–Kier alpha value is -3.72. The van der Waals surface area contributed by atoms with Crippen molar-refractivity contribution in [1.82, 2.24) is 9.97 Å². The first-order chi connectivity index (χ1) is 14.0. The largest absolute Gasteiger partial charge is 0.395 e. The fourth-order valence-corrected chi connectivity index (χ4v) is 2.90. The lowest BCUT2D eigenvalue weighted by molar-refractivity contribution is -0.122. The molecule has 2 amide bonds. The van der Waals surface area contributed by atoms with Crippen molar-refractivity contribution in [3.05, 3.63) is 54.4 Å². The van der Waals surface area contributed by atoms with Gasteiger partial charge in [-0.2, -0.15) is 0 Å². The number of imidazole rings is 1. The van der Waals surface area contributed by atoms with Gasteiger partial charge in [0.15, 0.2) is 0 Å². The molecule has 2 aromatic carbocycles. The van der Waals surface area contributed by atoms with Crippen molar-refractivity contribution >= 4 is 40.1 Å². The van der Waals surface area contributed by atoms with Crippen LogP contribution in [0.25, 0.3) is 11.0 Å². The van der Waals surface area contributed by atoms with Crippen LogP contribution < -0.4 is 16.0 Å². The third-order valence-electron chi connectivity index (χ3n) is 4.39. The number of H-pyrrole nitrogens is 1. The summed E-state index contributed by atoms with van der Waals surface area (Å²) in [6.07, 6.45) is 1.57. The molecule has 29 heavy (non-hydrogen) atoms. The van der Waals surface area contributed by atoms with Gasteiger partial charge in [0.2, 0.25) is 11.8 Å². The molecule has 3 aromatic rings. The summed E-state index contributed by atoms with van der Waals surface area (Å²) in [7, 11) is 0. The van der Waals surface area contributed by atoms with E-state index in [0.29, 0.717) is 16.9 Å². The number of anilines is 2. The first kappa shape index (κ1) is 20.0. The number of nitrogens with one attached hydrogen (secondary N) is 3. The van der Waals surface area contributed by atoms with Crippen molar-refractivity contribution in [2.24, 2.45) is 5.73 Å². The molecule has 0 bridgehead atoms. The van der Waals surface area contributed by atoms with Crippen molar-refractivity contribution in [3.63, 3.8) is 0 Å². The molecule has 0 saturated carbocycles. The van der Waals surface area contributed by atoms with Crippen LogP contribution in [0.5, 0.6) is 0 Å². The maximum atomic E-state index is 12.7. The monoisotopic (exact) mass is 394 g/mol. The summed E-state index contributed by atoms with van der Waals surface area (Å²) in [5.41, 5.74) is 8.71. The molecule has 0 atom stereocenters. The van der Waals surface area contributed by atoms with E-state index in [2.05, 4.69) is 15.3 Å². The Bertz CT molecular complexity index is 1030.